The highest BCUT2D eigenvalue weighted by Crippen LogP contribution is 2.16. The molecular weight excluding hydrogens is 307 g/mol. The molecule has 0 aromatic heterocycles. The first-order chi connectivity index (χ1) is 7.63. The van der Waals surface area contributed by atoms with Crippen LogP contribution in [-0.2, 0) is 6.54 Å². The minimum atomic E-state index is -0.174. The van der Waals surface area contributed by atoms with Crippen LogP contribution in [0.5, 0.6) is 0 Å². The van der Waals surface area contributed by atoms with E-state index in [4.69, 9.17) is 0 Å². The van der Waals surface area contributed by atoms with Crippen LogP contribution in [0, 0.1) is 5.82 Å². The van der Waals surface area contributed by atoms with Gasteiger partial charge in [-0.1, -0.05) is 15.9 Å². The number of halogens is 3. The van der Waals surface area contributed by atoms with Crippen molar-refractivity contribution in [2.45, 2.75) is 19.5 Å². The zero-order valence-corrected chi connectivity index (χ0v) is 12.2. The van der Waals surface area contributed by atoms with E-state index in [-0.39, 0.29) is 18.2 Å². The molecule has 2 rings (SSSR count). The molecule has 1 unspecified atom stereocenters. The molecule has 2 nitrogen and oxygen atoms in total. The Morgan fingerprint density at radius 1 is 1.47 bits per heavy atom. The summed E-state index contributed by atoms with van der Waals surface area (Å²) in [5.74, 6) is -0.174. The van der Waals surface area contributed by atoms with Crippen molar-refractivity contribution in [3.05, 3.63) is 34.1 Å². The maximum absolute atomic E-state index is 13.2. The highest BCUT2D eigenvalue weighted by atomic mass is 79.9. The Bertz CT molecular complexity index is 355. The van der Waals surface area contributed by atoms with Crippen molar-refractivity contribution in [1.29, 1.82) is 0 Å². The number of hydrogen-bond donors (Lipinski definition) is 1. The van der Waals surface area contributed by atoms with Gasteiger partial charge in [0.05, 0.1) is 0 Å². The molecule has 1 fully saturated rings. The number of hydrogen-bond acceptors (Lipinski definition) is 2. The highest BCUT2D eigenvalue weighted by molar-refractivity contribution is 9.10. The lowest BCUT2D eigenvalue weighted by atomic mass is 10.1. The van der Waals surface area contributed by atoms with Crippen LogP contribution in [0.4, 0.5) is 4.39 Å². The molecule has 0 aliphatic carbocycles. The van der Waals surface area contributed by atoms with Gasteiger partial charge in [-0.15, -0.1) is 12.4 Å². The van der Waals surface area contributed by atoms with Crippen LogP contribution in [0.25, 0.3) is 0 Å². The van der Waals surface area contributed by atoms with Gasteiger partial charge in [0, 0.05) is 36.7 Å². The minimum absolute atomic E-state index is 0. The van der Waals surface area contributed by atoms with Gasteiger partial charge < -0.3 is 5.32 Å². The predicted molar refractivity (Wildman–Crippen MR) is 74.1 cm³/mol. The molecule has 0 spiro atoms. The van der Waals surface area contributed by atoms with E-state index in [1.54, 1.807) is 6.07 Å². The molecule has 1 saturated heterocycles. The van der Waals surface area contributed by atoms with E-state index in [1.165, 1.54) is 6.07 Å². The zero-order valence-electron chi connectivity index (χ0n) is 9.75. The van der Waals surface area contributed by atoms with Crippen LogP contribution in [0.3, 0.4) is 0 Å². The fourth-order valence-electron chi connectivity index (χ4n) is 2.12. The van der Waals surface area contributed by atoms with E-state index >= 15 is 0 Å². The molecule has 0 amide bonds. The number of benzene rings is 1. The monoisotopic (exact) mass is 322 g/mol. The summed E-state index contributed by atoms with van der Waals surface area (Å²) >= 11 is 3.32. The van der Waals surface area contributed by atoms with E-state index < -0.39 is 0 Å². The van der Waals surface area contributed by atoms with E-state index in [1.807, 2.05) is 6.07 Å². The highest BCUT2D eigenvalue weighted by Gasteiger charge is 2.15. The lowest BCUT2D eigenvalue weighted by Crippen LogP contribution is -2.48. The first-order valence-electron chi connectivity index (χ1n) is 5.54. The standard InChI is InChI=1S/C12H16BrFN2.ClH/c1-9-7-16(3-2-15-9)8-10-4-11(13)6-12(14)5-10;/h4-6,9,15H,2-3,7-8H2,1H3;1H. The summed E-state index contributed by atoms with van der Waals surface area (Å²) in [6.07, 6.45) is 0. The molecule has 1 atom stereocenters. The van der Waals surface area contributed by atoms with Gasteiger partial charge in [-0.25, -0.2) is 4.39 Å². The van der Waals surface area contributed by atoms with Crippen LogP contribution in [-0.4, -0.2) is 30.6 Å². The third-order valence-electron chi connectivity index (χ3n) is 2.78. The van der Waals surface area contributed by atoms with Gasteiger partial charge in [-0.2, -0.15) is 0 Å². The molecule has 1 heterocycles. The molecule has 0 radical (unpaired) electrons. The number of nitrogens with one attached hydrogen (secondary N) is 1. The lowest BCUT2D eigenvalue weighted by Gasteiger charge is -2.31. The molecule has 1 aliphatic rings. The van der Waals surface area contributed by atoms with Gasteiger partial charge in [-0.05, 0) is 30.7 Å². The average molecular weight is 324 g/mol. The summed E-state index contributed by atoms with van der Waals surface area (Å²) in [6, 6.07) is 5.60. The molecule has 1 aliphatic heterocycles. The number of piperazine rings is 1. The first-order valence-corrected chi connectivity index (χ1v) is 6.33. The van der Waals surface area contributed by atoms with E-state index in [0.717, 1.165) is 36.2 Å². The second-order valence-electron chi connectivity index (χ2n) is 4.37. The number of rotatable bonds is 2. The smallest absolute Gasteiger partial charge is 0.124 e. The van der Waals surface area contributed by atoms with Crippen molar-refractivity contribution in [3.63, 3.8) is 0 Å². The largest absolute Gasteiger partial charge is 0.312 e. The number of nitrogens with zero attached hydrogens (tertiary/aromatic N) is 1. The molecule has 0 saturated carbocycles. The molecule has 96 valence electrons. The topological polar surface area (TPSA) is 15.3 Å². The van der Waals surface area contributed by atoms with Crippen molar-refractivity contribution >= 4 is 28.3 Å². The Kier molecular flexibility index (Phi) is 5.86. The predicted octanol–water partition coefficient (Wildman–Crippen LogP) is 2.80. The van der Waals surface area contributed by atoms with Crippen molar-refractivity contribution in [3.8, 4) is 0 Å². The molecule has 1 aromatic rings. The van der Waals surface area contributed by atoms with Gasteiger partial charge in [0.25, 0.3) is 0 Å². The summed E-state index contributed by atoms with van der Waals surface area (Å²) in [4.78, 5) is 2.35. The van der Waals surface area contributed by atoms with E-state index in [0.29, 0.717) is 6.04 Å². The fourth-order valence-corrected chi connectivity index (χ4v) is 2.63. The maximum Gasteiger partial charge on any atom is 0.124 e. The average Bonchev–Trinajstić information content (AvgIpc) is 2.15. The van der Waals surface area contributed by atoms with Gasteiger partial charge in [0.1, 0.15) is 5.82 Å². The summed E-state index contributed by atoms with van der Waals surface area (Å²) < 4.78 is 14.0. The van der Waals surface area contributed by atoms with E-state index in [2.05, 4.69) is 33.1 Å². The van der Waals surface area contributed by atoms with Crippen LogP contribution < -0.4 is 5.32 Å². The Morgan fingerprint density at radius 2 is 2.24 bits per heavy atom. The van der Waals surface area contributed by atoms with Crippen LogP contribution >= 0.6 is 28.3 Å². The Morgan fingerprint density at radius 3 is 2.88 bits per heavy atom. The third-order valence-corrected chi connectivity index (χ3v) is 3.24. The summed E-state index contributed by atoms with van der Waals surface area (Å²) in [7, 11) is 0. The maximum atomic E-state index is 13.2. The van der Waals surface area contributed by atoms with Gasteiger partial charge in [0.15, 0.2) is 0 Å². The van der Waals surface area contributed by atoms with Crippen molar-refractivity contribution < 1.29 is 4.39 Å². The van der Waals surface area contributed by atoms with Crippen LogP contribution in [0.2, 0.25) is 0 Å². The molecule has 17 heavy (non-hydrogen) atoms. The zero-order chi connectivity index (χ0) is 11.5. The van der Waals surface area contributed by atoms with Crippen LogP contribution in [0.1, 0.15) is 12.5 Å². The lowest BCUT2D eigenvalue weighted by molar-refractivity contribution is 0.199. The second kappa shape index (κ2) is 6.69. The third kappa shape index (κ3) is 4.54. The molecular formula is C12H17BrClFN2. The quantitative estimate of drug-likeness (QED) is 0.900. The summed E-state index contributed by atoms with van der Waals surface area (Å²) in [5.41, 5.74) is 1.03. The molecule has 0 bridgehead atoms. The van der Waals surface area contributed by atoms with Gasteiger partial charge in [0.2, 0.25) is 0 Å². The van der Waals surface area contributed by atoms with E-state index in [9.17, 15) is 4.39 Å². The second-order valence-corrected chi connectivity index (χ2v) is 5.28. The Hall–Kier alpha value is -0.160. The Balaban J connectivity index is 0.00000144. The summed E-state index contributed by atoms with van der Waals surface area (Å²) in [6.45, 7) is 6.06. The molecule has 1 N–H and O–H groups in total. The first kappa shape index (κ1) is 14.9. The van der Waals surface area contributed by atoms with Crippen LogP contribution in [0.15, 0.2) is 22.7 Å². The molecule has 1 aromatic carbocycles. The van der Waals surface area contributed by atoms with Crippen molar-refractivity contribution in [2.24, 2.45) is 0 Å². The van der Waals surface area contributed by atoms with Gasteiger partial charge >= 0.3 is 0 Å². The SMILES string of the molecule is CC1CN(Cc2cc(F)cc(Br)c2)CCN1.Cl. The normalized spacial score (nSPS) is 21.0. The van der Waals surface area contributed by atoms with Gasteiger partial charge in [-0.3, -0.25) is 4.90 Å². The molecule has 5 heteroatoms. The van der Waals surface area contributed by atoms with Crippen molar-refractivity contribution in [2.75, 3.05) is 19.6 Å². The minimum Gasteiger partial charge on any atom is -0.312 e. The summed E-state index contributed by atoms with van der Waals surface area (Å²) in [5, 5.41) is 3.40. The Labute approximate surface area is 116 Å². The van der Waals surface area contributed by atoms with Crippen molar-refractivity contribution in [1.82, 2.24) is 10.2 Å². The fraction of sp³-hybridized carbons (Fsp3) is 0.500.